The van der Waals surface area contributed by atoms with Crippen molar-refractivity contribution < 1.29 is 76.9 Å². The largest absolute Gasteiger partial charge is 0.417 e. The second-order valence-electron chi connectivity index (χ2n) is 22.8. The van der Waals surface area contributed by atoms with Crippen LogP contribution in [0, 0.1) is 18.6 Å². The number of halogens is 16. The summed E-state index contributed by atoms with van der Waals surface area (Å²) in [6.07, 6.45) is -11.8. The minimum Gasteiger partial charge on any atom is -0.377 e. The summed E-state index contributed by atoms with van der Waals surface area (Å²) in [6, 6.07) is 13.4. The van der Waals surface area contributed by atoms with E-state index in [1.165, 1.54) is 28.0 Å². The summed E-state index contributed by atoms with van der Waals surface area (Å²) in [5.41, 5.74) is -2.10. The Morgan fingerprint density at radius 3 is 1.29 bits per heavy atom. The number of pyridine rings is 3. The summed E-state index contributed by atoms with van der Waals surface area (Å²) >= 11 is 30.4. The molecule has 21 nitrogen and oxygen atoms in total. The Labute approximate surface area is 569 Å². The Morgan fingerprint density at radius 2 is 0.857 bits per heavy atom. The van der Waals surface area contributed by atoms with Crippen LogP contribution in [0.3, 0.4) is 0 Å². The number of carbonyl (C=O) groups excluding carboxylic acids is 3. The number of aryl methyl sites for hydroxylation is 1. The number of hydrogen-bond donors (Lipinski definition) is 0. The van der Waals surface area contributed by atoms with Gasteiger partial charge in [0.25, 0.3) is 17.7 Å². The molecule has 0 spiro atoms. The van der Waals surface area contributed by atoms with E-state index in [9.17, 15) is 62.7 Å². The first-order chi connectivity index (χ1) is 46.6. The van der Waals surface area contributed by atoms with E-state index in [1.54, 1.807) is 45.2 Å². The van der Waals surface area contributed by atoms with E-state index in [0.29, 0.717) is 46.9 Å². The van der Waals surface area contributed by atoms with Crippen molar-refractivity contribution >= 4 is 75.7 Å². The summed E-state index contributed by atoms with van der Waals surface area (Å²) in [5, 5.41) is 24.1. The predicted octanol–water partition coefficient (Wildman–Crippen LogP) is 12.7. The van der Waals surface area contributed by atoms with Crippen LogP contribution in [0.2, 0.25) is 25.1 Å². The van der Waals surface area contributed by atoms with Gasteiger partial charge in [0.15, 0.2) is 34.9 Å². The van der Waals surface area contributed by atoms with Crippen molar-refractivity contribution in [1.82, 2.24) is 73.9 Å². The monoisotopic (exact) mass is 1470 g/mol. The van der Waals surface area contributed by atoms with E-state index in [4.69, 9.17) is 72.2 Å². The second kappa shape index (κ2) is 26.3. The average molecular weight is 1470 g/mol. The molecule has 6 aliphatic rings. The van der Waals surface area contributed by atoms with Crippen LogP contribution in [0.25, 0.3) is 34.6 Å². The molecule has 0 aliphatic carbocycles. The molecule has 510 valence electrons. The van der Waals surface area contributed by atoms with Gasteiger partial charge in [-0.2, -0.15) is 39.5 Å². The summed E-state index contributed by atoms with van der Waals surface area (Å²) in [4.78, 5) is 57.0. The van der Waals surface area contributed by atoms with Crippen LogP contribution in [0.1, 0.15) is 89.1 Å². The number of fused-ring (bicyclic) bond motifs is 12. The summed E-state index contributed by atoms with van der Waals surface area (Å²) in [5.74, 6) is -0.683. The van der Waals surface area contributed by atoms with Gasteiger partial charge in [-0.1, -0.05) is 70.1 Å². The van der Waals surface area contributed by atoms with Crippen molar-refractivity contribution in [2.75, 3.05) is 39.6 Å². The standard InChI is InChI=1S/C21H14ClF6N5O2.C20H13Cl2F4N5O2.C20H16Cl2FN5O2/c22-16-12(2-1-3-13(16)21(26,27)28)19(34)33-11-7-32-17(30-31-18(32)15(33)9-35-8-11)14-6-10(4-5-29-14)20(23,24)25;21-15-11(1-2-12(23)16(15)22)19(32)31-10-6-30-17(28-29-18(30)14(31)8-33-7-10)13-5-9(3-4-27-13)20(24,25)26;1-10-14(23)5-6-15(24-10)18-25-26-19-16-9-30-8-11(7-27(18)19)28(16)20(29)12-3-2-4-13(21)17(12)22/h1-6,11,15H,7-9H2;1-5,10,14H,6-8H2;2-6,11,16H,7-9H2,1H3/t11-,15-;10-,14-;11-,16-/m111/s1. The number of morpholine rings is 3. The molecule has 3 amide bonds. The minimum atomic E-state index is -4.75. The molecule has 98 heavy (non-hydrogen) atoms. The smallest absolute Gasteiger partial charge is 0.377 e. The molecule has 6 aromatic heterocycles. The van der Waals surface area contributed by atoms with E-state index >= 15 is 0 Å². The quantitative estimate of drug-likeness (QED) is 0.112. The van der Waals surface area contributed by atoms with Crippen LogP contribution in [0.15, 0.2) is 97.3 Å². The lowest BCUT2D eigenvalue weighted by Crippen LogP contribution is -2.56. The van der Waals surface area contributed by atoms with E-state index in [2.05, 4.69) is 45.5 Å². The molecule has 3 aromatic carbocycles. The molecule has 37 heteroatoms. The first-order valence-electron chi connectivity index (χ1n) is 29.2. The topological polar surface area (TPSA) is 219 Å². The normalized spacial score (nSPS) is 20.1. The van der Waals surface area contributed by atoms with Gasteiger partial charge in [0.2, 0.25) is 0 Å². The second-order valence-corrected chi connectivity index (χ2v) is 24.8. The molecule has 0 saturated carbocycles. The van der Waals surface area contributed by atoms with Gasteiger partial charge in [-0.05, 0) is 79.7 Å². The Kier molecular flexibility index (Phi) is 18.3. The predicted molar refractivity (Wildman–Crippen MR) is 324 cm³/mol. The number of carbonyl (C=O) groups is 3. The van der Waals surface area contributed by atoms with Gasteiger partial charge < -0.3 is 42.6 Å². The maximum absolute atomic E-state index is 13.7. The van der Waals surface area contributed by atoms with Crippen LogP contribution >= 0.6 is 58.0 Å². The Hall–Kier alpha value is -8.50. The van der Waals surface area contributed by atoms with Crippen molar-refractivity contribution in [2.45, 2.75) is 81.3 Å². The van der Waals surface area contributed by atoms with Crippen molar-refractivity contribution in [1.29, 1.82) is 0 Å². The molecule has 3 fully saturated rings. The zero-order chi connectivity index (χ0) is 69.6. The fraction of sp³-hybridized carbons (Fsp3) is 0.311. The Bertz CT molecular complexity index is 4650. The van der Waals surface area contributed by atoms with Crippen LogP contribution in [-0.4, -0.2) is 149 Å². The van der Waals surface area contributed by atoms with Gasteiger partial charge in [-0.15, -0.1) is 30.6 Å². The van der Waals surface area contributed by atoms with Crippen molar-refractivity contribution in [3.63, 3.8) is 0 Å². The molecule has 0 radical (unpaired) electrons. The van der Waals surface area contributed by atoms with E-state index < -0.39 is 88.1 Å². The number of alkyl halides is 9. The highest BCUT2D eigenvalue weighted by molar-refractivity contribution is 6.44. The fourth-order valence-corrected chi connectivity index (χ4v) is 13.5. The lowest BCUT2D eigenvalue weighted by Gasteiger charge is -2.45. The molecule has 3 saturated heterocycles. The number of aromatic nitrogens is 12. The zero-order valence-corrected chi connectivity index (χ0v) is 53.6. The molecule has 6 bridgehead atoms. The maximum Gasteiger partial charge on any atom is 0.417 e. The van der Waals surface area contributed by atoms with Gasteiger partial charge in [-0.25, -0.2) is 13.8 Å². The van der Waals surface area contributed by atoms with Gasteiger partial charge in [0.1, 0.15) is 46.8 Å². The molecule has 6 atom stereocenters. The van der Waals surface area contributed by atoms with Crippen LogP contribution in [0.5, 0.6) is 0 Å². The molecule has 0 N–H and O–H groups in total. The van der Waals surface area contributed by atoms with Crippen molar-refractivity contribution in [3.8, 4) is 34.6 Å². The van der Waals surface area contributed by atoms with E-state index in [0.717, 1.165) is 54.9 Å². The first-order valence-corrected chi connectivity index (χ1v) is 31.1. The highest BCUT2D eigenvalue weighted by Gasteiger charge is 2.49. The summed E-state index contributed by atoms with van der Waals surface area (Å²) in [6.45, 7) is 3.14. The van der Waals surface area contributed by atoms with Gasteiger partial charge in [-0.3, -0.25) is 24.4 Å². The number of amides is 3. The molecule has 12 heterocycles. The molecule has 15 rings (SSSR count). The van der Waals surface area contributed by atoms with Gasteiger partial charge in [0.05, 0.1) is 122 Å². The zero-order valence-electron chi connectivity index (χ0n) is 49.8. The third-order valence-electron chi connectivity index (χ3n) is 16.9. The number of ether oxygens (including phenoxy) is 3. The van der Waals surface area contributed by atoms with Crippen molar-refractivity contribution in [2.24, 2.45) is 0 Å². The number of nitrogens with zero attached hydrogens (tertiary/aromatic N) is 15. The molecular weight excluding hydrogens is 1430 g/mol. The van der Waals surface area contributed by atoms with Gasteiger partial charge in [0, 0.05) is 32.0 Å². The highest BCUT2D eigenvalue weighted by Crippen LogP contribution is 2.44. The minimum absolute atomic E-state index is 0.00991. The third kappa shape index (κ3) is 12.5. The van der Waals surface area contributed by atoms with Crippen molar-refractivity contribution in [3.05, 3.63) is 191 Å². The van der Waals surface area contributed by atoms with Crippen LogP contribution in [0.4, 0.5) is 48.3 Å². The first kappa shape index (κ1) is 68.0. The Balaban J connectivity index is 0.000000133. The Morgan fingerprint density at radius 1 is 0.449 bits per heavy atom. The van der Waals surface area contributed by atoms with Crippen LogP contribution in [-0.2, 0) is 52.4 Å². The summed E-state index contributed by atoms with van der Waals surface area (Å²) < 4.78 is 168. The average Bonchev–Trinajstić information content (AvgIpc) is 1.47. The third-order valence-corrected chi connectivity index (χ3v) is 19.0. The fourth-order valence-electron chi connectivity index (χ4n) is 12.4. The number of rotatable bonds is 6. The maximum atomic E-state index is 13.7. The molecule has 6 aliphatic heterocycles. The highest BCUT2D eigenvalue weighted by atomic mass is 35.5. The molecule has 0 unspecified atom stereocenters. The van der Waals surface area contributed by atoms with Crippen LogP contribution < -0.4 is 0 Å². The number of benzene rings is 3. The number of hydrogen-bond acceptors (Lipinski definition) is 15. The molecular formula is C61H43Cl5F11N15O6. The van der Waals surface area contributed by atoms with E-state index in [1.807, 2.05) is 4.57 Å². The SMILES string of the molecule is Cc1nc(-c2nnc3n2C[C@@H]2COC[C@H]3N2C(=O)c2cccc(Cl)c2Cl)ccc1F.O=C(c1ccc(F)c(Cl)c1Cl)N1[C@H]2COC[C@@H]1c1nnc(-c3cc(C(F)(F)F)ccn3)n1C2.O=C(c1cccc(C(F)(F)F)c1Cl)N1[C@H]2COC[C@@H]1c1nnc(-c3cc(C(F)(F)F)ccn3)n1C2. The molecule has 9 aromatic rings. The lowest BCUT2D eigenvalue weighted by molar-refractivity contribution is -0.138. The van der Waals surface area contributed by atoms with Gasteiger partial charge >= 0.3 is 18.5 Å². The van der Waals surface area contributed by atoms with E-state index in [-0.39, 0.29) is 125 Å². The summed E-state index contributed by atoms with van der Waals surface area (Å²) in [7, 11) is 0. The lowest BCUT2D eigenvalue weighted by atomic mass is 10.0.